The highest BCUT2D eigenvalue weighted by molar-refractivity contribution is 7.98. The molecule has 0 aromatic heterocycles. The largest absolute Gasteiger partial charge is 0.480 e. The smallest absolute Gasteiger partial charge is 0.326 e. The van der Waals surface area contributed by atoms with Gasteiger partial charge in [-0.25, -0.2) is 4.79 Å². The number of hydrogen-bond acceptors (Lipinski definition) is 8. The van der Waals surface area contributed by atoms with Crippen LogP contribution in [0.5, 0.6) is 0 Å². The Labute approximate surface area is 178 Å². The predicted octanol–water partition coefficient (Wildman–Crippen LogP) is -2.73. The van der Waals surface area contributed by atoms with E-state index in [1.807, 2.05) is 0 Å². The van der Waals surface area contributed by atoms with Gasteiger partial charge in [0, 0.05) is 6.42 Å². The summed E-state index contributed by atoms with van der Waals surface area (Å²) in [5, 5.41) is 25.6. The maximum atomic E-state index is 12.5. The van der Waals surface area contributed by atoms with Crippen LogP contribution in [0.15, 0.2) is 0 Å². The minimum atomic E-state index is -1.30. The first kappa shape index (κ1) is 27.6. The lowest BCUT2D eigenvalue weighted by Gasteiger charge is -2.24. The number of rotatable bonds is 14. The van der Waals surface area contributed by atoms with E-state index in [0.717, 1.165) is 0 Å². The van der Waals surface area contributed by atoms with Gasteiger partial charge in [0.25, 0.3) is 0 Å². The van der Waals surface area contributed by atoms with Crippen molar-refractivity contribution in [3.63, 3.8) is 0 Å². The molecule has 0 spiro atoms. The Morgan fingerprint density at radius 3 is 1.97 bits per heavy atom. The van der Waals surface area contributed by atoms with Gasteiger partial charge in [-0.3, -0.25) is 19.2 Å². The van der Waals surface area contributed by atoms with Crippen molar-refractivity contribution in [2.75, 3.05) is 12.0 Å². The second kappa shape index (κ2) is 13.8. The summed E-state index contributed by atoms with van der Waals surface area (Å²) in [7, 11) is 0. The molecule has 0 heterocycles. The molecule has 0 bridgehead atoms. The molecule has 0 rings (SSSR count). The predicted molar refractivity (Wildman–Crippen MR) is 110 cm³/mol. The third-order valence-electron chi connectivity index (χ3n) is 4.11. The van der Waals surface area contributed by atoms with E-state index in [4.69, 9.17) is 11.5 Å². The Kier molecular flexibility index (Phi) is 12.7. The van der Waals surface area contributed by atoms with Gasteiger partial charge in [0.15, 0.2) is 0 Å². The summed E-state index contributed by atoms with van der Waals surface area (Å²) >= 11 is 1.42. The van der Waals surface area contributed by atoms with Crippen LogP contribution in [0.3, 0.4) is 0 Å². The standard InChI is InChI=1S/C17H31N5O7S/c1-8(14(25)22-11(17(28)29)6-7-30-3)20-15(26)10(4-5-12(18)24)21-16(27)13(19)9(2)23/h8-11,13,23H,4-7,19H2,1-3H3,(H2,18,24)(H,20,26)(H,21,27)(H,22,25)(H,28,29). The Morgan fingerprint density at radius 1 is 0.933 bits per heavy atom. The first-order valence-electron chi connectivity index (χ1n) is 9.25. The number of aliphatic carboxylic acids is 1. The van der Waals surface area contributed by atoms with Crippen molar-refractivity contribution >= 4 is 41.4 Å². The lowest BCUT2D eigenvalue weighted by Crippen LogP contribution is -2.57. The fourth-order valence-electron chi connectivity index (χ4n) is 2.21. The number of primary amides is 1. The van der Waals surface area contributed by atoms with Gasteiger partial charge in [-0.05, 0) is 38.7 Å². The Morgan fingerprint density at radius 2 is 1.50 bits per heavy atom. The second-order valence-electron chi connectivity index (χ2n) is 6.74. The minimum Gasteiger partial charge on any atom is -0.480 e. The van der Waals surface area contributed by atoms with Crippen LogP contribution in [0, 0.1) is 0 Å². The number of carbonyl (C=O) groups excluding carboxylic acids is 4. The number of carboxylic acid groups (broad SMARTS) is 1. The molecule has 0 radical (unpaired) electrons. The molecule has 0 aliphatic heterocycles. The number of nitrogens with one attached hydrogen (secondary N) is 3. The van der Waals surface area contributed by atoms with E-state index < -0.39 is 59.9 Å². The van der Waals surface area contributed by atoms with Gasteiger partial charge < -0.3 is 37.6 Å². The Hall–Kier alpha value is -2.38. The highest BCUT2D eigenvalue weighted by Gasteiger charge is 2.29. The summed E-state index contributed by atoms with van der Waals surface area (Å²) in [4.78, 5) is 59.1. The van der Waals surface area contributed by atoms with Crippen LogP contribution in [0.25, 0.3) is 0 Å². The number of carboxylic acids is 1. The molecule has 0 aromatic carbocycles. The highest BCUT2D eigenvalue weighted by Crippen LogP contribution is 2.03. The molecule has 30 heavy (non-hydrogen) atoms. The number of carbonyl (C=O) groups is 5. The summed E-state index contributed by atoms with van der Waals surface area (Å²) < 4.78 is 0. The molecule has 0 aromatic rings. The SMILES string of the molecule is CSCCC(NC(=O)C(C)NC(=O)C(CCC(N)=O)NC(=O)C(N)C(C)O)C(=O)O. The van der Waals surface area contributed by atoms with Crippen LogP contribution in [0.4, 0.5) is 0 Å². The van der Waals surface area contributed by atoms with Gasteiger partial charge in [0.05, 0.1) is 6.10 Å². The average molecular weight is 450 g/mol. The lowest BCUT2D eigenvalue weighted by atomic mass is 10.1. The van der Waals surface area contributed by atoms with Gasteiger partial charge in [-0.2, -0.15) is 11.8 Å². The number of hydrogen-bond donors (Lipinski definition) is 7. The van der Waals surface area contributed by atoms with Gasteiger partial charge in [-0.1, -0.05) is 0 Å². The third-order valence-corrected chi connectivity index (χ3v) is 4.76. The number of nitrogens with two attached hydrogens (primary N) is 2. The monoisotopic (exact) mass is 449 g/mol. The van der Waals surface area contributed by atoms with Crippen molar-refractivity contribution < 1.29 is 34.2 Å². The summed E-state index contributed by atoms with van der Waals surface area (Å²) in [6.45, 7) is 2.64. The van der Waals surface area contributed by atoms with Crippen LogP contribution in [-0.2, 0) is 24.0 Å². The van der Waals surface area contributed by atoms with Crippen LogP contribution >= 0.6 is 11.8 Å². The van der Waals surface area contributed by atoms with Crippen molar-refractivity contribution in [3.05, 3.63) is 0 Å². The third kappa shape index (κ3) is 10.4. The van der Waals surface area contributed by atoms with Crippen LogP contribution in [0.1, 0.15) is 33.1 Å². The molecule has 13 heteroatoms. The number of thioether (sulfide) groups is 1. The van der Waals surface area contributed by atoms with Crippen molar-refractivity contribution in [2.45, 2.75) is 63.4 Å². The van der Waals surface area contributed by atoms with E-state index in [-0.39, 0.29) is 19.3 Å². The van der Waals surface area contributed by atoms with Gasteiger partial charge in [0.1, 0.15) is 24.2 Å². The molecule has 172 valence electrons. The summed E-state index contributed by atoms with van der Waals surface area (Å²) in [6.07, 6.45) is 0.451. The Bertz CT molecular complexity index is 632. The number of amides is 4. The van der Waals surface area contributed by atoms with Crippen LogP contribution in [-0.4, -0.2) is 82.1 Å². The molecule has 4 amide bonds. The van der Waals surface area contributed by atoms with Crippen molar-refractivity contribution in [1.82, 2.24) is 16.0 Å². The quantitative estimate of drug-likeness (QED) is 0.146. The van der Waals surface area contributed by atoms with E-state index in [2.05, 4.69) is 16.0 Å². The topological polar surface area (TPSA) is 214 Å². The fraction of sp³-hybridized carbons (Fsp3) is 0.706. The maximum absolute atomic E-state index is 12.5. The molecule has 0 saturated heterocycles. The maximum Gasteiger partial charge on any atom is 0.326 e. The van der Waals surface area contributed by atoms with Gasteiger partial charge in [-0.15, -0.1) is 0 Å². The average Bonchev–Trinajstić information content (AvgIpc) is 2.66. The highest BCUT2D eigenvalue weighted by atomic mass is 32.2. The van der Waals surface area contributed by atoms with Crippen molar-refractivity contribution in [1.29, 1.82) is 0 Å². The second-order valence-corrected chi connectivity index (χ2v) is 7.73. The molecule has 5 atom stereocenters. The molecule has 5 unspecified atom stereocenters. The van der Waals surface area contributed by atoms with E-state index in [9.17, 15) is 34.2 Å². The molecule has 0 fully saturated rings. The molecular formula is C17H31N5O7S. The molecule has 0 aliphatic rings. The van der Waals surface area contributed by atoms with E-state index >= 15 is 0 Å². The zero-order valence-corrected chi connectivity index (χ0v) is 18.0. The van der Waals surface area contributed by atoms with E-state index in [0.29, 0.717) is 5.75 Å². The Balaban J connectivity index is 5.08. The normalized spacial score (nSPS) is 15.8. The number of aliphatic hydroxyl groups excluding tert-OH is 1. The summed E-state index contributed by atoms with van der Waals surface area (Å²) in [6, 6.07) is -4.77. The molecule has 9 N–H and O–H groups in total. The van der Waals surface area contributed by atoms with Crippen molar-refractivity contribution in [2.24, 2.45) is 11.5 Å². The van der Waals surface area contributed by atoms with Crippen LogP contribution in [0.2, 0.25) is 0 Å². The molecule has 0 saturated carbocycles. The number of aliphatic hydroxyl groups is 1. The first-order chi connectivity index (χ1) is 13.9. The zero-order valence-electron chi connectivity index (χ0n) is 17.2. The van der Waals surface area contributed by atoms with Gasteiger partial charge in [0.2, 0.25) is 23.6 Å². The molecule has 0 aliphatic carbocycles. The summed E-state index contributed by atoms with van der Waals surface area (Å²) in [5.74, 6) is -3.73. The van der Waals surface area contributed by atoms with E-state index in [1.54, 1.807) is 6.26 Å². The molecular weight excluding hydrogens is 418 g/mol. The first-order valence-corrected chi connectivity index (χ1v) is 10.6. The lowest BCUT2D eigenvalue weighted by molar-refractivity contribution is -0.142. The summed E-state index contributed by atoms with van der Waals surface area (Å²) in [5.41, 5.74) is 10.6. The fourth-order valence-corrected chi connectivity index (χ4v) is 2.68. The van der Waals surface area contributed by atoms with Crippen LogP contribution < -0.4 is 27.4 Å². The molecule has 12 nitrogen and oxygen atoms in total. The minimum absolute atomic E-state index is 0.154. The zero-order chi connectivity index (χ0) is 23.4. The van der Waals surface area contributed by atoms with E-state index in [1.165, 1.54) is 25.6 Å². The van der Waals surface area contributed by atoms with Gasteiger partial charge >= 0.3 is 5.97 Å². The van der Waals surface area contributed by atoms with Crippen molar-refractivity contribution in [3.8, 4) is 0 Å².